The average molecular weight is 377 g/mol. The zero-order valence-corrected chi connectivity index (χ0v) is 16.5. The maximum atomic E-state index is 13.1. The molecule has 2 fully saturated rings. The number of hydrogen-bond donors (Lipinski definition) is 1. The van der Waals surface area contributed by atoms with Gasteiger partial charge in [0.2, 0.25) is 0 Å². The molecule has 2 aliphatic rings. The molecule has 0 aliphatic carbocycles. The van der Waals surface area contributed by atoms with Crippen LogP contribution in [0.2, 0.25) is 0 Å². The van der Waals surface area contributed by atoms with Crippen LogP contribution in [0.5, 0.6) is 0 Å². The highest BCUT2D eigenvalue weighted by molar-refractivity contribution is 5.97. The molecule has 1 N–H and O–H groups in total. The van der Waals surface area contributed by atoms with Crippen LogP contribution < -0.4 is 10.9 Å². The van der Waals surface area contributed by atoms with E-state index in [2.05, 4.69) is 16.1 Å². The third-order valence-corrected chi connectivity index (χ3v) is 6.20. The van der Waals surface area contributed by atoms with Gasteiger partial charge in [-0.05, 0) is 57.0 Å². The molecular weight excluding hydrogens is 350 g/mol. The normalized spacial score (nSPS) is 24.4. The van der Waals surface area contributed by atoms with Crippen molar-refractivity contribution in [3.63, 3.8) is 0 Å². The average Bonchev–Trinajstić information content (AvgIpc) is 2.90. The van der Waals surface area contributed by atoms with Gasteiger partial charge in [-0.15, -0.1) is 6.42 Å². The number of carbonyl (C=O) groups excluding carboxylic acids is 1. The molecule has 0 saturated carbocycles. The molecule has 4 rings (SSSR count). The van der Waals surface area contributed by atoms with E-state index in [0.29, 0.717) is 18.6 Å². The Balaban J connectivity index is 1.60. The number of fused-ring (bicyclic) bond motifs is 3. The Hall–Kier alpha value is -2.58. The van der Waals surface area contributed by atoms with E-state index in [9.17, 15) is 9.59 Å². The fraction of sp³-hybridized carbons (Fsp3) is 0.478. The zero-order chi connectivity index (χ0) is 19.8. The molecule has 2 unspecified atom stereocenters. The molecule has 2 aromatic rings. The molecule has 1 aromatic heterocycles. The van der Waals surface area contributed by atoms with Gasteiger partial charge in [-0.25, -0.2) is 0 Å². The first kappa shape index (κ1) is 18.8. The van der Waals surface area contributed by atoms with Crippen LogP contribution in [0.4, 0.5) is 0 Å². The Labute approximate surface area is 165 Å². The number of pyridine rings is 1. The van der Waals surface area contributed by atoms with Crippen LogP contribution in [0.3, 0.4) is 0 Å². The Morgan fingerprint density at radius 2 is 1.93 bits per heavy atom. The van der Waals surface area contributed by atoms with Crippen LogP contribution in [-0.4, -0.2) is 40.0 Å². The molecule has 2 aliphatic heterocycles. The lowest BCUT2D eigenvalue weighted by Crippen LogP contribution is -2.51. The summed E-state index contributed by atoms with van der Waals surface area (Å²) in [6.07, 6.45) is 9.57. The summed E-state index contributed by atoms with van der Waals surface area (Å²) >= 11 is 0. The first-order valence-corrected chi connectivity index (χ1v) is 10.1. The third-order valence-electron chi connectivity index (χ3n) is 6.20. The van der Waals surface area contributed by atoms with Crippen molar-refractivity contribution in [1.82, 2.24) is 14.8 Å². The van der Waals surface area contributed by atoms with Crippen LogP contribution in [0, 0.1) is 12.3 Å². The van der Waals surface area contributed by atoms with Crippen LogP contribution in [0.15, 0.2) is 35.1 Å². The van der Waals surface area contributed by atoms with E-state index in [-0.39, 0.29) is 29.1 Å². The number of rotatable bonds is 4. The fourth-order valence-corrected chi connectivity index (χ4v) is 4.98. The van der Waals surface area contributed by atoms with Crippen LogP contribution in [-0.2, 0) is 0 Å². The predicted molar refractivity (Wildman–Crippen MR) is 111 cm³/mol. The molecule has 2 atom stereocenters. The Morgan fingerprint density at radius 3 is 2.57 bits per heavy atom. The van der Waals surface area contributed by atoms with Gasteiger partial charge in [0, 0.05) is 24.2 Å². The van der Waals surface area contributed by atoms with Crippen LogP contribution >= 0.6 is 0 Å². The van der Waals surface area contributed by atoms with Gasteiger partial charge in [0.25, 0.3) is 11.5 Å². The summed E-state index contributed by atoms with van der Waals surface area (Å²) in [5.41, 5.74) is 0.865. The number of piperidine rings is 1. The number of nitrogens with one attached hydrogen (secondary N) is 1. The van der Waals surface area contributed by atoms with Gasteiger partial charge < -0.3 is 9.88 Å². The molecule has 2 saturated heterocycles. The monoisotopic (exact) mass is 377 g/mol. The van der Waals surface area contributed by atoms with Crippen LogP contribution in [0.1, 0.15) is 55.9 Å². The Bertz CT molecular complexity index is 987. The first-order chi connectivity index (χ1) is 13.5. The molecule has 28 heavy (non-hydrogen) atoms. The van der Waals surface area contributed by atoms with Gasteiger partial charge in [-0.3, -0.25) is 14.5 Å². The largest absolute Gasteiger partial charge is 0.349 e. The highest BCUT2D eigenvalue weighted by Gasteiger charge is 2.40. The minimum absolute atomic E-state index is 0.0204. The van der Waals surface area contributed by atoms with E-state index < -0.39 is 0 Å². The van der Waals surface area contributed by atoms with Crippen molar-refractivity contribution in [3.8, 4) is 12.3 Å². The van der Waals surface area contributed by atoms with E-state index in [4.69, 9.17) is 6.42 Å². The maximum absolute atomic E-state index is 13.1. The number of para-hydroxylation sites is 1. The van der Waals surface area contributed by atoms with Crippen molar-refractivity contribution in [2.45, 2.75) is 63.7 Å². The highest BCUT2D eigenvalue weighted by Crippen LogP contribution is 2.35. The molecule has 3 heterocycles. The smallest absolute Gasteiger partial charge is 0.264 e. The first-order valence-electron chi connectivity index (χ1n) is 10.1. The van der Waals surface area contributed by atoms with Crippen molar-refractivity contribution in [3.05, 3.63) is 46.2 Å². The Kier molecular flexibility index (Phi) is 4.99. The van der Waals surface area contributed by atoms with Gasteiger partial charge in [0.05, 0.1) is 12.1 Å². The summed E-state index contributed by atoms with van der Waals surface area (Å²) in [6.45, 7) is 4.61. The third kappa shape index (κ3) is 3.22. The second-order valence-corrected chi connectivity index (χ2v) is 8.29. The van der Waals surface area contributed by atoms with E-state index in [1.807, 2.05) is 38.1 Å². The molecule has 1 amide bonds. The number of benzene rings is 1. The molecule has 5 nitrogen and oxygen atoms in total. The lowest BCUT2D eigenvalue weighted by molar-refractivity contribution is 0.0867. The zero-order valence-electron chi connectivity index (χ0n) is 16.5. The number of amides is 1. The summed E-state index contributed by atoms with van der Waals surface area (Å²) in [6, 6.07) is 10.4. The SMILES string of the molecule is C#CCN1C2CCC1CC(NC(=O)c1cc3ccccc3n(C(C)C)c1=O)C2. The van der Waals surface area contributed by atoms with Gasteiger partial charge >= 0.3 is 0 Å². The van der Waals surface area contributed by atoms with Crippen molar-refractivity contribution in [1.29, 1.82) is 0 Å². The van der Waals surface area contributed by atoms with E-state index in [1.54, 1.807) is 10.6 Å². The molecule has 5 heteroatoms. The van der Waals surface area contributed by atoms with Gasteiger partial charge in [0.1, 0.15) is 5.56 Å². The molecular formula is C23H27N3O2. The van der Waals surface area contributed by atoms with Crippen molar-refractivity contribution >= 4 is 16.8 Å². The summed E-state index contributed by atoms with van der Waals surface area (Å²) in [5.74, 6) is 2.49. The van der Waals surface area contributed by atoms with Crippen LogP contribution in [0.25, 0.3) is 10.9 Å². The summed E-state index contributed by atoms with van der Waals surface area (Å²) in [5, 5.41) is 4.05. The van der Waals surface area contributed by atoms with Gasteiger partial charge in [-0.2, -0.15) is 0 Å². The van der Waals surface area contributed by atoms with Crippen molar-refractivity contribution < 1.29 is 4.79 Å². The van der Waals surface area contributed by atoms with Gasteiger partial charge in [-0.1, -0.05) is 24.1 Å². The second-order valence-electron chi connectivity index (χ2n) is 8.29. The highest BCUT2D eigenvalue weighted by atomic mass is 16.2. The lowest BCUT2D eigenvalue weighted by Gasteiger charge is -2.38. The number of nitrogens with zero attached hydrogens (tertiary/aromatic N) is 2. The minimum Gasteiger partial charge on any atom is -0.349 e. The molecule has 2 bridgehead atoms. The molecule has 146 valence electrons. The number of hydrogen-bond acceptors (Lipinski definition) is 3. The summed E-state index contributed by atoms with van der Waals surface area (Å²) < 4.78 is 1.71. The summed E-state index contributed by atoms with van der Waals surface area (Å²) in [4.78, 5) is 28.5. The van der Waals surface area contributed by atoms with E-state index in [0.717, 1.165) is 36.6 Å². The minimum atomic E-state index is -0.264. The van der Waals surface area contributed by atoms with Gasteiger partial charge in [0.15, 0.2) is 0 Å². The van der Waals surface area contributed by atoms with E-state index >= 15 is 0 Å². The van der Waals surface area contributed by atoms with Crippen molar-refractivity contribution in [2.24, 2.45) is 0 Å². The second kappa shape index (κ2) is 7.44. The van der Waals surface area contributed by atoms with Crippen molar-refractivity contribution in [2.75, 3.05) is 6.54 Å². The predicted octanol–water partition coefficient (Wildman–Crippen LogP) is 2.94. The Morgan fingerprint density at radius 1 is 1.25 bits per heavy atom. The number of carbonyl (C=O) groups is 1. The molecule has 0 radical (unpaired) electrons. The summed E-state index contributed by atoms with van der Waals surface area (Å²) in [7, 11) is 0. The quantitative estimate of drug-likeness (QED) is 0.834. The topological polar surface area (TPSA) is 54.3 Å². The lowest BCUT2D eigenvalue weighted by atomic mass is 9.97. The molecule has 1 aromatic carbocycles. The molecule has 0 spiro atoms. The number of terminal acetylenes is 1. The van der Waals surface area contributed by atoms with E-state index in [1.165, 1.54) is 0 Å². The number of aromatic nitrogens is 1. The fourth-order valence-electron chi connectivity index (χ4n) is 4.98. The maximum Gasteiger partial charge on any atom is 0.264 e. The standard InChI is InChI=1S/C23H27N3O2/c1-4-11-25-18-9-10-19(25)14-17(13-18)24-22(27)20-12-16-7-5-6-8-21(16)26(15(2)3)23(20)28/h1,5-8,12,15,17-19H,9-11,13-14H2,2-3H3,(H,24,27).